The molecule has 0 atom stereocenters. The van der Waals surface area contributed by atoms with Crippen molar-refractivity contribution >= 4 is 0 Å². The van der Waals surface area contributed by atoms with Crippen molar-refractivity contribution in [3.05, 3.63) is 0 Å². The molecule has 0 aromatic heterocycles. The van der Waals surface area contributed by atoms with Crippen LogP contribution in [0.4, 0.5) is 0 Å². The monoisotopic (exact) mass is 212 g/mol. The maximum absolute atomic E-state index is 5.70. The van der Waals surface area contributed by atoms with E-state index >= 15 is 0 Å². The number of hydrogen-bond acceptors (Lipinski definition) is 2. The van der Waals surface area contributed by atoms with Gasteiger partial charge in [0.25, 0.3) is 0 Å². The highest BCUT2D eigenvalue weighted by Gasteiger charge is 2.25. The van der Waals surface area contributed by atoms with Gasteiger partial charge in [0.05, 0.1) is 13.2 Å². The van der Waals surface area contributed by atoms with Crippen LogP contribution in [0.25, 0.3) is 0 Å². The fraction of sp³-hybridized carbons (Fsp3) is 1.00. The molecule has 2 fully saturated rings. The summed E-state index contributed by atoms with van der Waals surface area (Å²) in [6, 6.07) is 0. The van der Waals surface area contributed by atoms with Gasteiger partial charge >= 0.3 is 0 Å². The Hall–Kier alpha value is -0.0800. The second kappa shape index (κ2) is 5.31. The minimum Gasteiger partial charge on any atom is -0.352 e. The molecule has 0 spiro atoms. The van der Waals surface area contributed by atoms with Crippen molar-refractivity contribution in [2.75, 3.05) is 13.2 Å². The normalized spacial score (nSPS) is 42.8. The molecule has 1 aliphatic carbocycles. The molecule has 1 saturated heterocycles. The Morgan fingerprint density at radius 2 is 1.47 bits per heavy atom. The van der Waals surface area contributed by atoms with Gasteiger partial charge in [0.1, 0.15) is 0 Å². The van der Waals surface area contributed by atoms with E-state index in [2.05, 4.69) is 13.8 Å². The van der Waals surface area contributed by atoms with Crippen LogP contribution < -0.4 is 0 Å². The summed E-state index contributed by atoms with van der Waals surface area (Å²) in [6.45, 7) is 6.31. The third kappa shape index (κ3) is 3.46. The Morgan fingerprint density at radius 3 is 2.07 bits per heavy atom. The van der Waals surface area contributed by atoms with Crippen LogP contribution in [-0.2, 0) is 9.47 Å². The van der Waals surface area contributed by atoms with Gasteiger partial charge in [-0.25, -0.2) is 0 Å². The van der Waals surface area contributed by atoms with E-state index in [1.807, 2.05) is 0 Å². The van der Waals surface area contributed by atoms with Gasteiger partial charge in [0.15, 0.2) is 6.29 Å². The molecule has 1 saturated carbocycles. The Balaban J connectivity index is 1.68. The maximum Gasteiger partial charge on any atom is 0.157 e. The molecular formula is C13H24O2. The molecule has 2 nitrogen and oxygen atoms in total. The summed E-state index contributed by atoms with van der Waals surface area (Å²) < 4.78 is 11.4. The topological polar surface area (TPSA) is 18.5 Å². The van der Waals surface area contributed by atoms with Crippen LogP contribution in [0.1, 0.15) is 46.0 Å². The Labute approximate surface area is 93.3 Å². The molecule has 1 heterocycles. The molecule has 15 heavy (non-hydrogen) atoms. The van der Waals surface area contributed by atoms with Crippen molar-refractivity contribution in [1.29, 1.82) is 0 Å². The van der Waals surface area contributed by atoms with Gasteiger partial charge in [0.2, 0.25) is 0 Å². The highest BCUT2D eigenvalue weighted by atomic mass is 16.7. The first-order chi connectivity index (χ1) is 7.24. The van der Waals surface area contributed by atoms with E-state index in [4.69, 9.17) is 9.47 Å². The van der Waals surface area contributed by atoms with Crippen molar-refractivity contribution in [3.63, 3.8) is 0 Å². The van der Waals surface area contributed by atoms with E-state index in [1.54, 1.807) is 0 Å². The van der Waals surface area contributed by atoms with Crippen LogP contribution in [0.2, 0.25) is 0 Å². The molecule has 2 rings (SSSR count). The number of ether oxygens (including phenoxy) is 2. The Morgan fingerprint density at radius 1 is 0.867 bits per heavy atom. The molecule has 0 radical (unpaired) electrons. The highest BCUT2D eigenvalue weighted by molar-refractivity contribution is 4.72. The fourth-order valence-electron chi connectivity index (χ4n) is 2.61. The molecule has 0 bridgehead atoms. The lowest BCUT2D eigenvalue weighted by Gasteiger charge is -2.32. The van der Waals surface area contributed by atoms with E-state index in [1.165, 1.54) is 25.7 Å². The van der Waals surface area contributed by atoms with Crippen molar-refractivity contribution in [3.8, 4) is 0 Å². The first-order valence-corrected chi connectivity index (χ1v) is 6.47. The van der Waals surface area contributed by atoms with Gasteiger partial charge in [-0.05, 0) is 11.8 Å². The third-order valence-electron chi connectivity index (χ3n) is 3.79. The molecule has 1 aliphatic heterocycles. The van der Waals surface area contributed by atoms with Gasteiger partial charge in [-0.2, -0.15) is 0 Å². The quantitative estimate of drug-likeness (QED) is 0.699. The van der Waals surface area contributed by atoms with Crippen LogP contribution in [0.5, 0.6) is 0 Å². The Kier molecular flexibility index (Phi) is 4.04. The van der Waals surface area contributed by atoms with Gasteiger partial charge in [-0.15, -0.1) is 0 Å². The number of rotatable bonds is 2. The molecule has 0 aromatic rings. The zero-order valence-electron chi connectivity index (χ0n) is 10.1. The van der Waals surface area contributed by atoms with Gasteiger partial charge in [-0.1, -0.05) is 39.5 Å². The highest BCUT2D eigenvalue weighted by Crippen LogP contribution is 2.32. The van der Waals surface area contributed by atoms with Gasteiger partial charge < -0.3 is 9.47 Å². The molecule has 0 unspecified atom stereocenters. The van der Waals surface area contributed by atoms with Crippen LogP contribution in [-0.4, -0.2) is 19.5 Å². The van der Waals surface area contributed by atoms with Gasteiger partial charge in [0, 0.05) is 12.3 Å². The van der Waals surface area contributed by atoms with E-state index in [0.29, 0.717) is 5.92 Å². The SMILES string of the molecule is CC1CCC(CC2OCC(C)CO2)CC1. The van der Waals surface area contributed by atoms with Gasteiger partial charge in [-0.3, -0.25) is 0 Å². The lowest BCUT2D eigenvalue weighted by molar-refractivity contribution is -0.205. The molecule has 88 valence electrons. The first kappa shape index (κ1) is 11.4. The summed E-state index contributed by atoms with van der Waals surface area (Å²) in [5.41, 5.74) is 0. The molecule has 0 aromatic carbocycles. The summed E-state index contributed by atoms with van der Waals surface area (Å²) in [7, 11) is 0. The second-order valence-electron chi connectivity index (χ2n) is 5.56. The molecular weight excluding hydrogens is 188 g/mol. The predicted molar refractivity (Wildman–Crippen MR) is 60.6 cm³/mol. The maximum atomic E-state index is 5.70. The van der Waals surface area contributed by atoms with Crippen LogP contribution in [0, 0.1) is 17.8 Å². The molecule has 0 amide bonds. The standard InChI is InChI=1S/C13H24O2/c1-10-3-5-12(6-4-10)7-13-14-8-11(2)9-15-13/h10-13H,3-9H2,1-2H3. The molecule has 0 N–H and O–H groups in total. The minimum absolute atomic E-state index is 0.0969. The second-order valence-corrected chi connectivity index (χ2v) is 5.56. The van der Waals surface area contributed by atoms with E-state index < -0.39 is 0 Å². The molecule has 2 heteroatoms. The molecule has 2 aliphatic rings. The predicted octanol–water partition coefficient (Wildman–Crippen LogP) is 3.21. The first-order valence-electron chi connectivity index (χ1n) is 6.47. The summed E-state index contributed by atoms with van der Waals surface area (Å²) in [5.74, 6) is 2.36. The minimum atomic E-state index is 0.0969. The lowest BCUT2D eigenvalue weighted by atomic mass is 9.81. The van der Waals surface area contributed by atoms with E-state index in [0.717, 1.165) is 31.5 Å². The van der Waals surface area contributed by atoms with Crippen LogP contribution in [0.3, 0.4) is 0 Å². The summed E-state index contributed by atoms with van der Waals surface area (Å²) in [4.78, 5) is 0. The average molecular weight is 212 g/mol. The summed E-state index contributed by atoms with van der Waals surface area (Å²) in [6.07, 6.45) is 6.76. The zero-order chi connectivity index (χ0) is 10.7. The Bertz CT molecular complexity index is 157. The lowest BCUT2D eigenvalue weighted by Crippen LogP contribution is -2.32. The summed E-state index contributed by atoms with van der Waals surface area (Å²) in [5, 5.41) is 0. The van der Waals surface area contributed by atoms with Crippen molar-refractivity contribution in [1.82, 2.24) is 0 Å². The van der Waals surface area contributed by atoms with Crippen molar-refractivity contribution in [2.24, 2.45) is 17.8 Å². The van der Waals surface area contributed by atoms with Crippen LogP contribution in [0.15, 0.2) is 0 Å². The zero-order valence-corrected chi connectivity index (χ0v) is 10.1. The third-order valence-corrected chi connectivity index (χ3v) is 3.79. The smallest absolute Gasteiger partial charge is 0.157 e. The number of hydrogen-bond donors (Lipinski definition) is 0. The fourth-order valence-corrected chi connectivity index (χ4v) is 2.61. The summed E-state index contributed by atoms with van der Waals surface area (Å²) >= 11 is 0. The van der Waals surface area contributed by atoms with Crippen molar-refractivity contribution in [2.45, 2.75) is 52.2 Å². The van der Waals surface area contributed by atoms with E-state index in [9.17, 15) is 0 Å². The van der Waals surface area contributed by atoms with Crippen LogP contribution >= 0.6 is 0 Å². The van der Waals surface area contributed by atoms with E-state index in [-0.39, 0.29) is 6.29 Å². The average Bonchev–Trinajstić information content (AvgIpc) is 2.25. The van der Waals surface area contributed by atoms with Crippen molar-refractivity contribution < 1.29 is 9.47 Å². The largest absolute Gasteiger partial charge is 0.352 e.